The van der Waals surface area contributed by atoms with Crippen molar-refractivity contribution in [3.8, 4) is 5.75 Å². The summed E-state index contributed by atoms with van der Waals surface area (Å²) in [6.07, 6.45) is 0.961. The average Bonchev–Trinajstić information content (AvgIpc) is 3.58. The fraction of sp³-hybridized carbons (Fsp3) is 0.308. The number of ether oxygens (including phenoxy) is 1. The summed E-state index contributed by atoms with van der Waals surface area (Å²) < 4.78 is 34.3. The number of sulfonamides is 1. The normalized spacial score (nSPS) is 15.2. The van der Waals surface area contributed by atoms with Gasteiger partial charge in [-0.15, -0.1) is 11.3 Å². The largest absolute Gasteiger partial charge is 0.494 e. The fourth-order valence-corrected chi connectivity index (χ4v) is 7.98. The van der Waals surface area contributed by atoms with Gasteiger partial charge >= 0.3 is 0 Å². The van der Waals surface area contributed by atoms with Crippen molar-refractivity contribution in [1.82, 2.24) is 9.29 Å². The minimum Gasteiger partial charge on any atom is -0.494 e. The second kappa shape index (κ2) is 10.7. The molecule has 0 aliphatic carbocycles. The first-order chi connectivity index (χ1) is 17.5. The van der Waals surface area contributed by atoms with Crippen molar-refractivity contribution in [2.75, 3.05) is 24.6 Å². The molecule has 1 amide bonds. The minimum atomic E-state index is -3.51. The van der Waals surface area contributed by atoms with Gasteiger partial charge in [-0.3, -0.25) is 9.69 Å². The summed E-state index contributed by atoms with van der Waals surface area (Å²) >= 11 is 2.69. The standard InChI is InChI=1S/C26H27N3O4S3/c1-2-33-21-10-11-22-23(17-21)35-26(27-22)29(18-19-7-4-3-5-8-19)25(30)20-12-14-28(15-13-20)36(31,32)24-9-6-16-34-24/h3-11,16-17,20H,2,12-15,18H2,1H3. The lowest BCUT2D eigenvalue weighted by Gasteiger charge is -2.32. The van der Waals surface area contributed by atoms with E-state index in [0.29, 0.717) is 48.4 Å². The minimum absolute atomic E-state index is 0.0175. The molecule has 5 rings (SSSR count). The third kappa shape index (κ3) is 5.17. The zero-order chi connectivity index (χ0) is 25.1. The predicted molar refractivity (Wildman–Crippen MR) is 144 cm³/mol. The number of thiazole rings is 1. The van der Waals surface area contributed by atoms with Gasteiger partial charge in [0, 0.05) is 19.0 Å². The summed E-state index contributed by atoms with van der Waals surface area (Å²) in [5.41, 5.74) is 1.83. The molecule has 2 aromatic carbocycles. The number of carbonyl (C=O) groups is 1. The van der Waals surface area contributed by atoms with Crippen molar-refractivity contribution in [1.29, 1.82) is 0 Å². The fourth-order valence-electron chi connectivity index (χ4n) is 4.37. The second-order valence-electron chi connectivity index (χ2n) is 8.58. The molecular weight excluding hydrogens is 515 g/mol. The van der Waals surface area contributed by atoms with E-state index in [4.69, 9.17) is 9.72 Å². The van der Waals surface area contributed by atoms with Gasteiger partial charge < -0.3 is 4.74 Å². The molecule has 0 saturated carbocycles. The highest BCUT2D eigenvalue weighted by atomic mass is 32.2. The Morgan fingerprint density at radius 2 is 1.89 bits per heavy atom. The Balaban J connectivity index is 1.38. The maximum absolute atomic E-state index is 13.8. The molecule has 1 fully saturated rings. The number of hydrogen-bond acceptors (Lipinski definition) is 7. The summed E-state index contributed by atoms with van der Waals surface area (Å²) in [4.78, 5) is 20.4. The van der Waals surface area contributed by atoms with E-state index in [2.05, 4.69) is 0 Å². The molecule has 4 aromatic rings. The Kier molecular flexibility index (Phi) is 7.38. The summed E-state index contributed by atoms with van der Waals surface area (Å²) in [6.45, 7) is 3.59. The monoisotopic (exact) mass is 541 g/mol. The molecule has 10 heteroatoms. The van der Waals surface area contributed by atoms with Crippen molar-refractivity contribution in [2.24, 2.45) is 5.92 Å². The van der Waals surface area contributed by atoms with Crippen LogP contribution in [0.2, 0.25) is 0 Å². The molecule has 0 spiro atoms. The van der Waals surface area contributed by atoms with Gasteiger partial charge in [-0.1, -0.05) is 47.7 Å². The van der Waals surface area contributed by atoms with Crippen LogP contribution in [0, 0.1) is 5.92 Å². The number of anilines is 1. The van der Waals surface area contributed by atoms with Gasteiger partial charge in [-0.25, -0.2) is 13.4 Å². The van der Waals surface area contributed by atoms with Gasteiger partial charge in [0.25, 0.3) is 10.0 Å². The quantitative estimate of drug-likeness (QED) is 0.299. The molecule has 1 aliphatic rings. The molecule has 2 aromatic heterocycles. The maximum Gasteiger partial charge on any atom is 0.252 e. The molecule has 0 N–H and O–H groups in total. The highest BCUT2D eigenvalue weighted by Gasteiger charge is 2.35. The lowest BCUT2D eigenvalue weighted by Crippen LogP contribution is -2.44. The van der Waals surface area contributed by atoms with Crippen LogP contribution < -0.4 is 9.64 Å². The van der Waals surface area contributed by atoms with Gasteiger partial charge in [0.1, 0.15) is 9.96 Å². The zero-order valence-corrected chi connectivity index (χ0v) is 22.3. The van der Waals surface area contributed by atoms with Crippen molar-refractivity contribution in [2.45, 2.75) is 30.5 Å². The van der Waals surface area contributed by atoms with Gasteiger partial charge in [-0.05, 0) is 55.0 Å². The van der Waals surface area contributed by atoms with Crippen LogP contribution in [0.5, 0.6) is 5.75 Å². The molecule has 0 atom stereocenters. The van der Waals surface area contributed by atoms with Crippen LogP contribution in [-0.2, 0) is 21.4 Å². The van der Waals surface area contributed by atoms with E-state index in [1.54, 1.807) is 22.4 Å². The van der Waals surface area contributed by atoms with E-state index in [1.165, 1.54) is 27.0 Å². The summed E-state index contributed by atoms with van der Waals surface area (Å²) in [6, 6.07) is 19.0. The first-order valence-electron chi connectivity index (χ1n) is 11.9. The lowest BCUT2D eigenvalue weighted by atomic mass is 9.96. The predicted octanol–water partition coefficient (Wildman–Crippen LogP) is 5.39. The molecular formula is C26H27N3O4S3. The highest BCUT2D eigenvalue weighted by Crippen LogP contribution is 2.35. The van der Waals surface area contributed by atoms with E-state index in [9.17, 15) is 13.2 Å². The summed E-state index contributed by atoms with van der Waals surface area (Å²) in [7, 11) is -3.51. The first kappa shape index (κ1) is 24.9. The molecule has 36 heavy (non-hydrogen) atoms. The van der Waals surface area contributed by atoms with Gasteiger partial charge in [-0.2, -0.15) is 4.31 Å². The van der Waals surface area contributed by atoms with Crippen molar-refractivity contribution in [3.05, 3.63) is 71.6 Å². The van der Waals surface area contributed by atoms with Crippen LogP contribution in [-0.4, -0.2) is 43.3 Å². The molecule has 0 bridgehead atoms. The molecule has 188 valence electrons. The highest BCUT2D eigenvalue weighted by molar-refractivity contribution is 7.91. The van der Waals surface area contributed by atoms with Crippen LogP contribution in [0.1, 0.15) is 25.3 Å². The number of piperidine rings is 1. The Morgan fingerprint density at radius 3 is 2.58 bits per heavy atom. The Morgan fingerprint density at radius 1 is 1.11 bits per heavy atom. The molecule has 1 aliphatic heterocycles. The van der Waals surface area contributed by atoms with E-state index >= 15 is 0 Å². The van der Waals surface area contributed by atoms with Gasteiger partial charge in [0.05, 0.1) is 23.4 Å². The van der Waals surface area contributed by atoms with Crippen molar-refractivity contribution in [3.63, 3.8) is 0 Å². The first-order valence-corrected chi connectivity index (χ1v) is 15.0. The number of amides is 1. The lowest BCUT2D eigenvalue weighted by molar-refractivity contribution is -0.123. The molecule has 1 saturated heterocycles. The number of rotatable bonds is 8. The van der Waals surface area contributed by atoms with Crippen LogP contribution in [0.15, 0.2) is 70.3 Å². The number of carbonyl (C=O) groups excluding carboxylic acids is 1. The Bertz CT molecular complexity index is 1430. The summed E-state index contributed by atoms with van der Waals surface area (Å²) in [5, 5.41) is 2.40. The van der Waals surface area contributed by atoms with Crippen LogP contribution in [0.25, 0.3) is 10.2 Å². The van der Waals surface area contributed by atoms with E-state index < -0.39 is 10.0 Å². The molecule has 3 heterocycles. The molecule has 7 nitrogen and oxygen atoms in total. The molecule has 0 unspecified atom stereocenters. The maximum atomic E-state index is 13.8. The van der Waals surface area contributed by atoms with Crippen LogP contribution in [0.4, 0.5) is 5.13 Å². The van der Waals surface area contributed by atoms with Gasteiger partial charge in [0.2, 0.25) is 5.91 Å². The van der Waals surface area contributed by atoms with E-state index in [0.717, 1.165) is 21.5 Å². The van der Waals surface area contributed by atoms with Gasteiger partial charge in [0.15, 0.2) is 5.13 Å². The van der Waals surface area contributed by atoms with E-state index in [-0.39, 0.29) is 11.8 Å². The Labute approximate surface area is 219 Å². The van der Waals surface area contributed by atoms with Crippen LogP contribution >= 0.6 is 22.7 Å². The smallest absolute Gasteiger partial charge is 0.252 e. The average molecular weight is 542 g/mol. The summed E-state index contributed by atoms with van der Waals surface area (Å²) in [5.74, 6) is 0.492. The van der Waals surface area contributed by atoms with E-state index in [1.807, 2.05) is 55.5 Å². The number of thiophene rings is 1. The second-order valence-corrected chi connectivity index (χ2v) is 12.7. The van der Waals surface area contributed by atoms with Crippen LogP contribution in [0.3, 0.4) is 0 Å². The molecule has 0 radical (unpaired) electrons. The third-order valence-corrected chi connectivity index (χ3v) is 10.5. The number of fused-ring (bicyclic) bond motifs is 1. The number of benzene rings is 2. The number of hydrogen-bond donors (Lipinski definition) is 0. The topological polar surface area (TPSA) is 79.8 Å². The van der Waals surface area contributed by atoms with Crippen molar-refractivity contribution < 1.29 is 17.9 Å². The van der Waals surface area contributed by atoms with Crippen molar-refractivity contribution >= 4 is 54.0 Å². The SMILES string of the molecule is CCOc1ccc2nc(N(Cc3ccccc3)C(=O)C3CCN(S(=O)(=O)c4cccs4)CC3)sc2c1. The number of nitrogens with zero attached hydrogens (tertiary/aromatic N) is 3. The zero-order valence-electron chi connectivity index (χ0n) is 19.9. The number of aromatic nitrogens is 1. The third-order valence-electron chi connectivity index (χ3n) is 6.23. The Hall–Kier alpha value is -2.79.